The normalized spacial score (nSPS) is 22.8. The summed E-state index contributed by atoms with van der Waals surface area (Å²) in [6, 6.07) is 0. The number of aliphatic hydroxyl groups is 2. The monoisotopic (exact) mass is 214 g/mol. The van der Waals surface area contributed by atoms with Crippen molar-refractivity contribution < 1.29 is 10.2 Å². The maximum absolute atomic E-state index is 9.16. The molecule has 0 aromatic rings. The zero-order chi connectivity index (χ0) is 11.0. The minimum Gasteiger partial charge on any atom is -0.396 e. The van der Waals surface area contributed by atoms with Gasteiger partial charge in [-0.3, -0.25) is 0 Å². The van der Waals surface area contributed by atoms with Gasteiger partial charge in [0.2, 0.25) is 0 Å². The summed E-state index contributed by atoms with van der Waals surface area (Å²) in [4.78, 5) is 0. The van der Waals surface area contributed by atoms with Gasteiger partial charge in [-0.25, -0.2) is 0 Å². The highest BCUT2D eigenvalue weighted by Gasteiger charge is 2.28. The summed E-state index contributed by atoms with van der Waals surface area (Å²) < 4.78 is 0. The van der Waals surface area contributed by atoms with Crippen LogP contribution >= 0.6 is 0 Å². The van der Waals surface area contributed by atoms with Gasteiger partial charge < -0.3 is 10.2 Å². The predicted molar refractivity (Wildman–Crippen MR) is 62.8 cm³/mol. The average molecular weight is 214 g/mol. The third-order valence-corrected chi connectivity index (χ3v) is 3.95. The highest BCUT2D eigenvalue weighted by atomic mass is 16.3. The van der Waals surface area contributed by atoms with Crippen LogP contribution in [-0.4, -0.2) is 23.4 Å². The first-order valence-corrected chi connectivity index (χ1v) is 6.55. The van der Waals surface area contributed by atoms with Gasteiger partial charge in [0, 0.05) is 13.2 Å². The summed E-state index contributed by atoms with van der Waals surface area (Å²) in [6.45, 7) is 0.556. The van der Waals surface area contributed by atoms with Crippen molar-refractivity contribution in [2.24, 2.45) is 5.41 Å². The maximum Gasteiger partial charge on any atom is 0.0436 e. The Morgan fingerprint density at radius 2 is 1.07 bits per heavy atom. The van der Waals surface area contributed by atoms with E-state index in [4.69, 9.17) is 10.2 Å². The SMILES string of the molecule is OCCC1(CCO)CCCCCCCC1. The standard InChI is InChI=1S/C13H26O2/c14-11-9-13(10-12-15)7-5-3-1-2-4-6-8-13/h14-15H,1-12H2. The number of hydrogen-bond donors (Lipinski definition) is 2. The number of aliphatic hydroxyl groups excluding tert-OH is 2. The fourth-order valence-electron chi connectivity index (χ4n) is 2.93. The quantitative estimate of drug-likeness (QED) is 0.755. The lowest BCUT2D eigenvalue weighted by atomic mass is 9.74. The molecule has 0 aromatic carbocycles. The zero-order valence-electron chi connectivity index (χ0n) is 9.88. The molecule has 0 bridgehead atoms. The van der Waals surface area contributed by atoms with E-state index in [0.29, 0.717) is 0 Å². The Morgan fingerprint density at radius 1 is 0.667 bits per heavy atom. The maximum atomic E-state index is 9.16. The van der Waals surface area contributed by atoms with Crippen LogP contribution in [0.5, 0.6) is 0 Å². The highest BCUT2D eigenvalue weighted by molar-refractivity contribution is 4.80. The van der Waals surface area contributed by atoms with Crippen LogP contribution < -0.4 is 0 Å². The first-order chi connectivity index (χ1) is 7.33. The number of rotatable bonds is 4. The fraction of sp³-hybridized carbons (Fsp3) is 1.00. The van der Waals surface area contributed by atoms with Crippen LogP contribution in [-0.2, 0) is 0 Å². The van der Waals surface area contributed by atoms with Crippen molar-refractivity contribution in [2.45, 2.75) is 64.2 Å². The molecule has 15 heavy (non-hydrogen) atoms. The van der Waals surface area contributed by atoms with E-state index >= 15 is 0 Å². The third-order valence-electron chi connectivity index (χ3n) is 3.95. The summed E-state index contributed by atoms with van der Waals surface area (Å²) >= 11 is 0. The number of hydrogen-bond acceptors (Lipinski definition) is 2. The molecule has 1 aliphatic carbocycles. The average Bonchev–Trinajstić information content (AvgIpc) is 2.32. The second-order valence-electron chi connectivity index (χ2n) is 5.07. The Morgan fingerprint density at radius 3 is 1.47 bits per heavy atom. The van der Waals surface area contributed by atoms with Crippen LogP contribution in [0.3, 0.4) is 0 Å². The van der Waals surface area contributed by atoms with Crippen LogP contribution in [0.15, 0.2) is 0 Å². The third kappa shape index (κ3) is 4.52. The van der Waals surface area contributed by atoms with Gasteiger partial charge in [0.25, 0.3) is 0 Å². The molecule has 0 radical (unpaired) electrons. The van der Waals surface area contributed by atoms with Crippen molar-refractivity contribution in [3.05, 3.63) is 0 Å². The molecule has 1 aliphatic rings. The molecule has 2 N–H and O–H groups in total. The minimum absolute atomic E-state index is 0.244. The van der Waals surface area contributed by atoms with Gasteiger partial charge in [-0.1, -0.05) is 38.5 Å². The summed E-state index contributed by atoms with van der Waals surface area (Å²) in [6.07, 6.45) is 12.1. The van der Waals surface area contributed by atoms with Gasteiger partial charge in [-0.05, 0) is 31.1 Å². The lowest BCUT2D eigenvalue weighted by molar-refractivity contribution is 0.110. The second-order valence-corrected chi connectivity index (χ2v) is 5.07. The van der Waals surface area contributed by atoms with E-state index in [1.807, 2.05) is 0 Å². The second kappa shape index (κ2) is 7.24. The van der Waals surface area contributed by atoms with Crippen LogP contribution in [0.25, 0.3) is 0 Å². The van der Waals surface area contributed by atoms with Crippen molar-refractivity contribution in [2.75, 3.05) is 13.2 Å². The smallest absolute Gasteiger partial charge is 0.0436 e. The highest BCUT2D eigenvalue weighted by Crippen LogP contribution is 2.39. The van der Waals surface area contributed by atoms with Crippen molar-refractivity contribution in [1.82, 2.24) is 0 Å². The van der Waals surface area contributed by atoms with Gasteiger partial charge in [0.05, 0.1) is 0 Å². The van der Waals surface area contributed by atoms with Crippen molar-refractivity contribution in [1.29, 1.82) is 0 Å². The van der Waals surface area contributed by atoms with Gasteiger partial charge in [-0.2, -0.15) is 0 Å². The summed E-state index contributed by atoms with van der Waals surface area (Å²) in [5.41, 5.74) is 0.244. The van der Waals surface area contributed by atoms with E-state index in [-0.39, 0.29) is 18.6 Å². The Hall–Kier alpha value is -0.0800. The Labute approximate surface area is 93.7 Å². The Balaban J connectivity index is 2.53. The molecule has 1 rings (SSSR count). The van der Waals surface area contributed by atoms with Gasteiger partial charge in [-0.15, -0.1) is 0 Å². The van der Waals surface area contributed by atoms with E-state index in [1.165, 1.54) is 51.4 Å². The predicted octanol–water partition coefficient (Wildman–Crippen LogP) is 2.87. The van der Waals surface area contributed by atoms with Gasteiger partial charge in [0.15, 0.2) is 0 Å². The molecule has 0 spiro atoms. The molecule has 2 heteroatoms. The molecule has 1 fully saturated rings. The van der Waals surface area contributed by atoms with Crippen LogP contribution in [0.2, 0.25) is 0 Å². The Kier molecular flexibility index (Phi) is 6.26. The molecule has 0 aliphatic heterocycles. The van der Waals surface area contributed by atoms with Gasteiger partial charge in [0.1, 0.15) is 0 Å². The van der Waals surface area contributed by atoms with E-state index in [9.17, 15) is 0 Å². The van der Waals surface area contributed by atoms with E-state index in [1.54, 1.807) is 0 Å². The van der Waals surface area contributed by atoms with Crippen LogP contribution in [0, 0.1) is 5.41 Å². The molecular formula is C13H26O2. The van der Waals surface area contributed by atoms with E-state index in [0.717, 1.165) is 12.8 Å². The summed E-state index contributed by atoms with van der Waals surface area (Å²) in [5, 5.41) is 18.3. The van der Waals surface area contributed by atoms with E-state index in [2.05, 4.69) is 0 Å². The first-order valence-electron chi connectivity index (χ1n) is 6.55. The molecule has 0 atom stereocenters. The van der Waals surface area contributed by atoms with E-state index < -0.39 is 0 Å². The molecule has 0 aromatic heterocycles. The van der Waals surface area contributed by atoms with Gasteiger partial charge >= 0.3 is 0 Å². The van der Waals surface area contributed by atoms with Crippen molar-refractivity contribution in [3.63, 3.8) is 0 Å². The first kappa shape index (κ1) is 13.0. The minimum atomic E-state index is 0.244. The van der Waals surface area contributed by atoms with Crippen LogP contribution in [0.1, 0.15) is 64.2 Å². The molecule has 1 saturated carbocycles. The topological polar surface area (TPSA) is 40.5 Å². The molecule has 2 nitrogen and oxygen atoms in total. The largest absolute Gasteiger partial charge is 0.396 e. The summed E-state index contributed by atoms with van der Waals surface area (Å²) in [5.74, 6) is 0. The van der Waals surface area contributed by atoms with Crippen molar-refractivity contribution >= 4 is 0 Å². The molecule has 90 valence electrons. The fourth-order valence-corrected chi connectivity index (χ4v) is 2.93. The molecule has 0 amide bonds. The molecule has 0 saturated heterocycles. The Bertz CT molecular complexity index is 139. The molecular weight excluding hydrogens is 188 g/mol. The lowest BCUT2D eigenvalue weighted by Gasteiger charge is -2.33. The van der Waals surface area contributed by atoms with Crippen molar-refractivity contribution in [3.8, 4) is 0 Å². The van der Waals surface area contributed by atoms with Crippen LogP contribution in [0.4, 0.5) is 0 Å². The lowest BCUT2D eigenvalue weighted by Crippen LogP contribution is -2.24. The zero-order valence-corrected chi connectivity index (χ0v) is 9.88. The summed E-state index contributed by atoms with van der Waals surface area (Å²) in [7, 11) is 0. The molecule has 0 unspecified atom stereocenters. The molecule has 0 heterocycles.